The molecule has 6 nitrogen and oxygen atoms in total. The summed E-state index contributed by atoms with van der Waals surface area (Å²) in [4.78, 5) is 22.4. The minimum Gasteiger partial charge on any atom is -0.493 e. The quantitative estimate of drug-likeness (QED) is 0.829. The number of ether oxygens (including phenoxy) is 3. The molecular formula is C13H14O6. The molecule has 0 radical (unpaired) electrons. The molecule has 6 heteroatoms. The van der Waals surface area contributed by atoms with Crippen LogP contribution in [0.5, 0.6) is 11.5 Å². The fraction of sp³-hybridized carbons (Fsp3) is 0.385. The van der Waals surface area contributed by atoms with Gasteiger partial charge in [0, 0.05) is 0 Å². The van der Waals surface area contributed by atoms with Crippen LogP contribution < -0.4 is 9.47 Å². The lowest BCUT2D eigenvalue weighted by Gasteiger charge is -2.16. The highest BCUT2D eigenvalue weighted by molar-refractivity contribution is 5.82. The Balaban J connectivity index is 2.35. The molecule has 0 saturated carbocycles. The van der Waals surface area contributed by atoms with Crippen molar-refractivity contribution in [3.8, 4) is 11.5 Å². The van der Waals surface area contributed by atoms with Crippen molar-refractivity contribution in [2.45, 2.75) is 12.5 Å². The molecule has 0 unspecified atom stereocenters. The van der Waals surface area contributed by atoms with Crippen molar-refractivity contribution < 1.29 is 28.9 Å². The van der Waals surface area contributed by atoms with Gasteiger partial charge in [0.2, 0.25) is 0 Å². The van der Waals surface area contributed by atoms with Crippen LogP contribution in [0, 0.1) is 5.92 Å². The fourth-order valence-corrected chi connectivity index (χ4v) is 2.11. The monoisotopic (exact) mass is 266 g/mol. The van der Waals surface area contributed by atoms with Gasteiger partial charge in [0.15, 0.2) is 11.5 Å². The highest BCUT2D eigenvalue weighted by atomic mass is 16.6. The number of methoxy groups -OCH3 is 2. The highest BCUT2D eigenvalue weighted by Crippen LogP contribution is 2.39. The van der Waals surface area contributed by atoms with E-state index in [9.17, 15) is 9.59 Å². The Morgan fingerprint density at radius 2 is 2.00 bits per heavy atom. The van der Waals surface area contributed by atoms with Crippen LogP contribution in [0.3, 0.4) is 0 Å². The van der Waals surface area contributed by atoms with Crippen molar-refractivity contribution in [2.75, 3.05) is 14.2 Å². The lowest BCUT2D eigenvalue weighted by atomic mass is 9.95. The van der Waals surface area contributed by atoms with Gasteiger partial charge in [-0.2, -0.15) is 0 Å². The maximum Gasteiger partial charge on any atom is 0.311 e. The molecule has 1 aliphatic heterocycles. The predicted octanol–water partition coefficient (Wildman–Crippen LogP) is 1.39. The topological polar surface area (TPSA) is 82.1 Å². The lowest BCUT2D eigenvalue weighted by molar-refractivity contribution is -0.144. The van der Waals surface area contributed by atoms with Gasteiger partial charge >= 0.3 is 11.9 Å². The first-order chi connectivity index (χ1) is 9.06. The molecule has 102 valence electrons. The van der Waals surface area contributed by atoms with Gasteiger partial charge in [-0.15, -0.1) is 0 Å². The summed E-state index contributed by atoms with van der Waals surface area (Å²) in [5, 5.41) is 9.10. The van der Waals surface area contributed by atoms with Crippen molar-refractivity contribution in [2.24, 2.45) is 5.92 Å². The molecule has 0 bridgehead atoms. The van der Waals surface area contributed by atoms with Crippen LogP contribution in [0.4, 0.5) is 0 Å². The zero-order valence-corrected chi connectivity index (χ0v) is 10.6. The SMILES string of the molecule is COc1ccc([C@@H]2OC(=O)C[C@H]2C(=O)O)cc1OC. The number of rotatable bonds is 4. The lowest BCUT2D eigenvalue weighted by Crippen LogP contribution is -2.17. The van der Waals surface area contributed by atoms with Crippen LogP contribution in [0.1, 0.15) is 18.1 Å². The summed E-state index contributed by atoms with van der Waals surface area (Å²) in [6.07, 6.45) is -0.904. The van der Waals surface area contributed by atoms with E-state index in [0.29, 0.717) is 17.1 Å². The van der Waals surface area contributed by atoms with E-state index in [1.54, 1.807) is 18.2 Å². The molecule has 2 atom stereocenters. The van der Waals surface area contributed by atoms with Crippen molar-refractivity contribution >= 4 is 11.9 Å². The minimum atomic E-state index is -1.05. The van der Waals surface area contributed by atoms with Gasteiger partial charge in [0.1, 0.15) is 12.0 Å². The molecule has 0 aliphatic carbocycles. The van der Waals surface area contributed by atoms with E-state index in [2.05, 4.69) is 0 Å². The van der Waals surface area contributed by atoms with E-state index in [1.807, 2.05) is 0 Å². The van der Waals surface area contributed by atoms with E-state index in [1.165, 1.54) is 14.2 Å². The summed E-state index contributed by atoms with van der Waals surface area (Å²) in [7, 11) is 2.99. The van der Waals surface area contributed by atoms with Crippen molar-refractivity contribution in [3.63, 3.8) is 0 Å². The summed E-state index contributed by atoms with van der Waals surface area (Å²) in [6.45, 7) is 0. The van der Waals surface area contributed by atoms with Crippen LogP contribution in [0.25, 0.3) is 0 Å². The molecule has 1 fully saturated rings. The standard InChI is InChI=1S/C13H14O6/c1-17-9-4-3-7(5-10(9)18-2)12-8(13(15)16)6-11(14)19-12/h3-5,8,12H,6H2,1-2H3,(H,15,16)/t8-,12+/m1/s1. The molecule has 0 spiro atoms. The first kappa shape index (κ1) is 13.2. The number of carboxylic acid groups (broad SMARTS) is 1. The molecule has 2 rings (SSSR count). The Kier molecular flexibility index (Phi) is 3.59. The van der Waals surface area contributed by atoms with Gasteiger partial charge in [-0.1, -0.05) is 6.07 Å². The second-order valence-electron chi connectivity index (χ2n) is 4.17. The number of cyclic esters (lactones) is 1. The number of esters is 1. The molecule has 19 heavy (non-hydrogen) atoms. The fourth-order valence-electron chi connectivity index (χ4n) is 2.11. The third-order valence-electron chi connectivity index (χ3n) is 3.06. The molecule has 1 saturated heterocycles. The van der Waals surface area contributed by atoms with Gasteiger partial charge in [-0.3, -0.25) is 9.59 Å². The van der Waals surface area contributed by atoms with Gasteiger partial charge in [0.05, 0.1) is 20.6 Å². The third-order valence-corrected chi connectivity index (χ3v) is 3.06. The first-order valence-corrected chi connectivity index (χ1v) is 5.71. The summed E-state index contributed by atoms with van der Waals surface area (Å²) >= 11 is 0. The number of carboxylic acids is 1. The van der Waals surface area contributed by atoms with Crippen LogP contribution in [0.15, 0.2) is 18.2 Å². The zero-order chi connectivity index (χ0) is 14.0. The van der Waals surface area contributed by atoms with Crippen LogP contribution >= 0.6 is 0 Å². The average Bonchev–Trinajstić information content (AvgIpc) is 2.80. The molecule has 0 aromatic heterocycles. The largest absolute Gasteiger partial charge is 0.493 e. The van der Waals surface area contributed by atoms with E-state index in [4.69, 9.17) is 19.3 Å². The van der Waals surface area contributed by atoms with Crippen LogP contribution in [-0.2, 0) is 14.3 Å². The van der Waals surface area contributed by atoms with Gasteiger partial charge in [0.25, 0.3) is 0 Å². The molecule has 0 amide bonds. The Morgan fingerprint density at radius 1 is 1.32 bits per heavy atom. The molecule has 1 N–H and O–H groups in total. The van der Waals surface area contributed by atoms with Crippen molar-refractivity contribution in [1.29, 1.82) is 0 Å². The van der Waals surface area contributed by atoms with E-state index in [0.717, 1.165) is 0 Å². The summed E-state index contributed by atoms with van der Waals surface area (Å²) < 4.78 is 15.3. The van der Waals surface area contributed by atoms with Gasteiger partial charge in [-0.25, -0.2) is 0 Å². The third kappa shape index (κ3) is 2.47. The number of carbonyl (C=O) groups is 2. The molecule has 1 aromatic carbocycles. The summed E-state index contributed by atoms with van der Waals surface area (Å²) in [6, 6.07) is 4.94. The van der Waals surface area contributed by atoms with E-state index < -0.39 is 24.0 Å². The molecular weight excluding hydrogens is 252 g/mol. The van der Waals surface area contributed by atoms with Crippen LogP contribution in [-0.4, -0.2) is 31.3 Å². The molecule has 1 aromatic rings. The van der Waals surface area contributed by atoms with E-state index >= 15 is 0 Å². The Morgan fingerprint density at radius 3 is 2.58 bits per heavy atom. The molecule has 1 aliphatic rings. The summed E-state index contributed by atoms with van der Waals surface area (Å²) in [5.41, 5.74) is 0.580. The number of aliphatic carboxylic acids is 1. The Bertz CT molecular complexity index is 510. The average molecular weight is 266 g/mol. The second kappa shape index (κ2) is 5.17. The predicted molar refractivity (Wildman–Crippen MR) is 64.1 cm³/mol. The second-order valence-corrected chi connectivity index (χ2v) is 4.17. The maximum absolute atomic E-state index is 11.3. The summed E-state index contributed by atoms with van der Waals surface area (Å²) in [5.74, 6) is -1.43. The highest BCUT2D eigenvalue weighted by Gasteiger charge is 2.41. The van der Waals surface area contributed by atoms with E-state index in [-0.39, 0.29) is 6.42 Å². The first-order valence-electron chi connectivity index (χ1n) is 5.71. The van der Waals surface area contributed by atoms with Gasteiger partial charge < -0.3 is 19.3 Å². The Hall–Kier alpha value is -2.24. The van der Waals surface area contributed by atoms with Crippen LogP contribution in [0.2, 0.25) is 0 Å². The number of benzene rings is 1. The number of carbonyl (C=O) groups excluding carboxylic acids is 1. The minimum absolute atomic E-state index is 0.117. The smallest absolute Gasteiger partial charge is 0.311 e. The number of hydrogen-bond acceptors (Lipinski definition) is 5. The molecule has 1 heterocycles. The Labute approximate surface area is 109 Å². The maximum atomic E-state index is 11.3. The normalized spacial score (nSPS) is 21.9. The van der Waals surface area contributed by atoms with Gasteiger partial charge in [-0.05, 0) is 17.7 Å². The number of hydrogen-bond donors (Lipinski definition) is 1. The van der Waals surface area contributed by atoms with Crippen molar-refractivity contribution in [1.82, 2.24) is 0 Å². The zero-order valence-electron chi connectivity index (χ0n) is 10.6. The van der Waals surface area contributed by atoms with Crippen molar-refractivity contribution in [3.05, 3.63) is 23.8 Å².